The summed E-state index contributed by atoms with van der Waals surface area (Å²) in [4.78, 5) is 4.32. The van der Waals surface area contributed by atoms with E-state index in [0.29, 0.717) is 35.7 Å². The molecule has 0 saturated heterocycles. The van der Waals surface area contributed by atoms with Crippen molar-refractivity contribution in [2.24, 2.45) is 0 Å². The second-order valence-corrected chi connectivity index (χ2v) is 7.27. The van der Waals surface area contributed by atoms with E-state index >= 15 is 0 Å². The summed E-state index contributed by atoms with van der Waals surface area (Å²) in [7, 11) is 0. The van der Waals surface area contributed by atoms with Gasteiger partial charge >= 0.3 is 6.18 Å². The molecule has 3 heterocycles. The minimum Gasteiger partial charge on any atom is -0.390 e. The van der Waals surface area contributed by atoms with Gasteiger partial charge in [-0.1, -0.05) is 5.21 Å². The summed E-state index contributed by atoms with van der Waals surface area (Å²) in [6, 6.07) is 3.33. The van der Waals surface area contributed by atoms with E-state index < -0.39 is 18.2 Å². The van der Waals surface area contributed by atoms with Crippen molar-refractivity contribution in [3.8, 4) is 11.5 Å². The number of anilines is 1. The minimum absolute atomic E-state index is 0.292. The molecule has 8 nitrogen and oxygen atoms in total. The largest absolute Gasteiger partial charge is 0.390 e. The topological polar surface area (TPSA) is 93.7 Å². The lowest BCUT2D eigenvalue weighted by Crippen LogP contribution is -2.19. The van der Waals surface area contributed by atoms with E-state index in [1.807, 2.05) is 0 Å². The Bertz CT molecular complexity index is 930. The summed E-state index contributed by atoms with van der Waals surface area (Å²) in [6.45, 7) is 3.12. The van der Waals surface area contributed by atoms with E-state index in [-0.39, 0.29) is 6.54 Å². The summed E-state index contributed by atoms with van der Waals surface area (Å²) < 4.78 is 40.6. The molecule has 0 aromatic carbocycles. The molecule has 0 atom stereocenters. The molecule has 0 spiro atoms. The standard InChI is InChI=1S/C18H22F3N7O/c1-17(2,29)5-4-13-12-28(26-25-13)15-11-23-16(27-9-3-7-24-27)10-14(15)22-8-6-18(19,20)21/h3,7,9-12,29H,4-6,8H2,1-2H3,(H,22,23). The molecule has 3 rings (SSSR count). The molecule has 3 aromatic rings. The van der Waals surface area contributed by atoms with Gasteiger partial charge in [0.1, 0.15) is 5.69 Å². The number of pyridine rings is 1. The summed E-state index contributed by atoms with van der Waals surface area (Å²) in [5.74, 6) is 0.454. The Labute approximate surface area is 165 Å². The molecule has 11 heteroatoms. The first-order chi connectivity index (χ1) is 13.6. The summed E-state index contributed by atoms with van der Waals surface area (Å²) in [5.41, 5.74) is 0.712. The Morgan fingerprint density at radius 2 is 1.97 bits per heavy atom. The Kier molecular flexibility index (Phi) is 5.87. The molecule has 0 bridgehead atoms. The third-order valence-electron chi connectivity index (χ3n) is 4.11. The van der Waals surface area contributed by atoms with E-state index in [1.165, 1.54) is 15.6 Å². The smallest absolute Gasteiger partial charge is 0.390 e. The second kappa shape index (κ2) is 8.19. The number of alkyl halides is 3. The maximum Gasteiger partial charge on any atom is 0.390 e. The Balaban J connectivity index is 1.85. The molecule has 0 aliphatic heterocycles. The third kappa shape index (κ3) is 6.01. The molecule has 0 amide bonds. The number of hydrogen-bond donors (Lipinski definition) is 2. The fraction of sp³-hybridized carbons (Fsp3) is 0.444. The highest BCUT2D eigenvalue weighted by atomic mass is 19.4. The van der Waals surface area contributed by atoms with Crippen molar-refractivity contribution in [3.63, 3.8) is 0 Å². The van der Waals surface area contributed by atoms with Crippen LogP contribution in [-0.4, -0.2) is 53.2 Å². The number of nitrogens with zero attached hydrogens (tertiary/aromatic N) is 6. The van der Waals surface area contributed by atoms with Gasteiger partial charge in [-0.25, -0.2) is 14.3 Å². The number of hydrogen-bond acceptors (Lipinski definition) is 6. The minimum atomic E-state index is -4.26. The maximum absolute atomic E-state index is 12.6. The monoisotopic (exact) mass is 409 g/mol. The SMILES string of the molecule is CC(C)(O)CCc1cn(-c2cnc(-n3cccn3)cc2NCCC(F)(F)F)nn1. The molecule has 29 heavy (non-hydrogen) atoms. The molecule has 3 aromatic heterocycles. The van der Waals surface area contributed by atoms with Crippen molar-refractivity contribution in [1.29, 1.82) is 0 Å². The molecular weight excluding hydrogens is 387 g/mol. The van der Waals surface area contributed by atoms with Crippen LogP contribution < -0.4 is 5.32 Å². The van der Waals surface area contributed by atoms with Gasteiger partial charge in [0.25, 0.3) is 0 Å². The predicted molar refractivity (Wildman–Crippen MR) is 100 cm³/mol. The van der Waals surface area contributed by atoms with Crippen LogP contribution >= 0.6 is 0 Å². The van der Waals surface area contributed by atoms with E-state index in [2.05, 4.69) is 25.7 Å². The van der Waals surface area contributed by atoms with Crippen LogP contribution in [0.25, 0.3) is 11.5 Å². The van der Waals surface area contributed by atoms with Crippen LogP contribution in [-0.2, 0) is 6.42 Å². The second-order valence-electron chi connectivity index (χ2n) is 7.27. The van der Waals surface area contributed by atoms with Gasteiger partial charge in [0.2, 0.25) is 0 Å². The fourth-order valence-corrected chi connectivity index (χ4v) is 2.59. The quantitative estimate of drug-likeness (QED) is 0.594. The van der Waals surface area contributed by atoms with Gasteiger partial charge in [-0.15, -0.1) is 5.10 Å². The molecular formula is C18H22F3N7O. The molecule has 0 aliphatic carbocycles. The molecule has 2 N–H and O–H groups in total. The number of aryl methyl sites for hydroxylation is 1. The van der Waals surface area contributed by atoms with Gasteiger partial charge in [0.05, 0.1) is 35.8 Å². The van der Waals surface area contributed by atoms with Gasteiger partial charge in [-0.05, 0) is 32.8 Å². The van der Waals surface area contributed by atoms with Crippen LogP contribution in [0, 0.1) is 0 Å². The molecule has 0 radical (unpaired) electrons. The van der Waals surface area contributed by atoms with Crippen molar-refractivity contribution in [2.45, 2.75) is 44.9 Å². The number of aromatic nitrogens is 6. The zero-order valence-corrected chi connectivity index (χ0v) is 16.1. The predicted octanol–water partition coefficient (Wildman–Crippen LogP) is 2.92. The highest BCUT2D eigenvalue weighted by Crippen LogP contribution is 2.24. The lowest BCUT2D eigenvalue weighted by atomic mass is 10.0. The van der Waals surface area contributed by atoms with E-state index in [9.17, 15) is 18.3 Å². The fourth-order valence-electron chi connectivity index (χ4n) is 2.59. The van der Waals surface area contributed by atoms with Gasteiger partial charge in [0, 0.05) is 25.0 Å². The van der Waals surface area contributed by atoms with Crippen LogP contribution in [0.15, 0.2) is 36.9 Å². The first-order valence-electron chi connectivity index (χ1n) is 9.05. The van der Waals surface area contributed by atoms with Crippen molar-refractivity contribution in [3.05, 3.63) is 42.6 Å². The highest BCUT2D eigenvalue weighted by molar-refractivity contribution is 5.62. The number of rotatable bonds is 8. The van der Waals surface area contributed by atoms with Crippen molar-refractivity contribution in [2.75, 3.05) is 11.9 Å². The van der Waals surface area contributed by atoms with Gasteiger partial charge < -0.3 is 10.4 Å². The highest BCUT2D eigenvalue weighted by Gasteiger charge is 2.26. The maximum atomic E-state index is 12.6. The van der Waals surface area contributed by atoms with Crippen LogP contribution in [0.3, 0.4) is 0 Å². The van der Waals surface area contributed by atoms with E-state index in [4.69, 9.17) is 0 Å². The first kappa shape index (κ1) is 20.8. The Morgan fingerprint density at radius 3 is 2.62 bits per heavy atom. The van der Waals surface area contributed by atoms with Crippen LogP contribution in [0.1, 0.15) is 32.4 Å². The lowest BCUT2D eigenvalue weighted by Gasteiger charge is -2.15. The van der Waals surface area contributed by atoms with Gasteiger partial charge in [0.15, 0.2) is 5.82 Å². The Hall–Kier alpha value is -2.95. The third-order valence-corrected chi connectivity index (χ3v) is 4.11. The van der Waals surface area contributed by atoms with Crippen LogP contribution in [0.2, 0.25) is 0 Å². The average molecular weight is 409 g/mol. The number of nitrogens with one attached hydrogen (secondary N) is 1. The zero-order valence-electron chi connectivity index (χ0n) is 16.1. The number of aliphatic hydroxyl groups is 1. The Morgan fingerprint density at radius 1 is 1.17 bits per heavy atom. The zero-order chi connectivity index (χ0) is 21.1. The normalized spacial score (nSPS) is 12.3. The summed E-state index contributed by atoms with van der Waals surface area (Å²) in [5, 5.41) is 24.9. The molecule has 0 aliphatic rings. The summed E-state index contributed by atoms with van der Waals surface area (Å²) >= 11 is 0. The van der Waals surface area contributed by atoms with E-state index in [0.717, 1.165) is 0 Å². The molecule has 0 saturated carbocycles. The first-order valence-corrected chi connectivity index (χ1v) is 9.05. The van der Waals surface area contributed by atoms with Crippen molar-refractivity contribution < 1.29 is 18.3 Å². The van der Waals surface area contributed by atoms with Gasteiger partial charge in [-0.3, -0.25) is 0 Å². The molecule has 156 valence electrons. The van der Waals surface area contributed by atoms with E-state index in [1.54, 1.807) is 44.6 Å². The van der Waals surface area contributed by atoms with Crippen LogP contribution in [0.4, 0.5) is 18.9 Å². The van der Waals surface area contributed by atoms with Crippen LogP contribution in [0.5, 0.6) is 0 Å². The molecule has 0 fully saturated rings. The van der Waals surface area contributed by atoms with Crippen molar-refractivity contribution >= 4 is 5.69 Å². The lowest BCUT2D eigenvalue weighted by molar-refractivity contribution is -0.131. The number of halogens is 3. The van der Waals surface area contributed by atoms with Gasteiger partial charge in [-0.2, -0.15) is 18.3 Å². The summed E-state index contributed by atoms with van der Waals surface area (Å²) in [6.07, 6.45) is 2.22. The molecule has 0 unspecified atom stereocenters. The van der Waals surface area contributed by atoms with Crippen molar-refractivity contribution in [1.82, 2.24) is 29.8 Å². The average Bonchev–Trinajstić information content (AvgIpc) is 3.30.